The molecule has 0 aliphatic heterocycles. The minimum Gasteiger partial charge on any atom is -0.468 e. The highest BCUT2D eigenvalue weighted by molar-refractivity contribution is 5.12. The number of hydrogen-bond donors (Lipinski definition) is 1. The van der Waals surface area contributed by atoms with Crippen LogP contribution in [-0.2, 0) is 4.74 Å². The molecule has 0 amide bonds. The van der Waals surface area contributed by atoms with Crippen molar-refractivity contribution in [1.29, 1.82) is 0 Å². The van der Waals surface area contributed by atoms with Crippen molar-refractivity contribution in [2.75, 3.05) is 14.2 Å². The van der Waals surface area contributed by atoms with E-state index < -0.39 is 0 Å². The highest BCUT2D eigenvalue weighted by atomic mass is 16.5. The minimum atomic E-state index is -0.121. The number of likely N-dealkylation sites (N-methyl/N-ethyl adjacent to an activating group) is 1. The number of ether oxygens (including phenoxy) is 1. The number of hydrogen-bond acceptors (Lipinski definition) is 3. The second-order valence-electron chi connectivity index (χ2n) is 5.21. The lowest BCUT2D eigenvalue weighted by Gasteiger charge is -2.43. The van der Waals surface area contributed by atoms with Crippen molar-refractivity contribution < 1.29 is 9.15 Å². The van der Waals surface area contributed by atoms with E-state index in [1.165, 1.54) is 12.8 Å². The molecule has 1 N–H and O–H groups in total. The Kier molecular flexibility index (Phi) is 3.89. The zero-order valence-electron chi connectivity index (χ0n) is 11.0. The van der Waals surface area contributed by atoms with Crippen LogP contribution in [0.4, 0.5) is 0 Å². The van der Waals surface area contributed by atoms with Crippen molar-refractivity contribution >= 4 is 0 Å². The summed E-state index contributed by atoms with van der Waals surface area (Å²) in [6, 6.07) is 4.11. The van der Waals surface area contributed by atoms with Gasteiger partial charge in [-0.15, -0.1) is 0 Å². The summed E-state index contributed by atoms with van der Waals surface area (Å²) >= 11 is 0. The first-order valence-electron chi connectivity index (χ1n) is 6.47. The third kappa shape index (κ3) is 2.40. The topological polar surface area (TPSA) is 34.4 Å². The van der Waals surface area contributed by atoms with Crippen LogP contribution in [0.15, 0.2) is 22.8 Å². The van der Waals surface area contributed by atoms with Crippen molar-refractivity contribution in [3.05, 3.63) is 24.2 Å². The van der Waals surface area contributed by atoms with Crippen LogP contribution in [0.5, 0.6) is 0 Å². The first-order chi connectivity index (χ1) is 8.22. The Morgan fingerprint density at radius 2 is 2.41 bits per heavy atom. The summed E-state index contributed by atoms with van der Waals surface area (Å²) in [4.78, 5) is 0. The molecule has 1 aliphatic carbocycles. The second-order valence-corrected chi connectivity index (χ2v) is 5.21. The number of rotatable bonds is 4. The van der Waals surface area contributed by atoms with Gasteiger partial charge in [0.2, 0.25) is 0 Å². The lowest BCUT2D eigenvalue weighted by atomic mass is 9.74. The molecule has 1 aromatic heterocycles. The van der Waals surface area contributed by atoms with Crippen LogP contribution in [0.1, 0.15) is 44.4 Å². The average molecular weight is 237 g/mol. The smallest absolute Gasteiger partial charge is 0.123 e. The quantitative estimate of drug-likeness (QED) is 0.873. The number of furan rings is 1. The molecule has 1 fully saturated rings. The van der Waals surface area contributed by atoms with Gasteiger partial charge in [0.15, 0.2) is 0 Å². The highest BCUT2D eigenvalue weighted by Gasteiger charge is 2.43. The second kappa shape index (κ2) is 5.23. The monoisotopic (exact) mass is 237 g/mol. The van der Waals surface area contributed by atoms with Gasteiger partial charge >= 0.3 is 0 Å². The third-order valence-corrected chi connectivity index (χ3v) is 4.04. The first kappa shape index (κ1) is 12.7. The molecule has 0 aromatic carbocycles. The molecule has 3 unspecified atom stereocenters. The van der Waals surface area contributed by atoms with Crippen molar-refractivity contribution in [3.63, 3.8) is 0 Å². The van der Waals surface area contributed by atoms with Gasteiger partial charge in [-0.25, -0.2) is 0 Å². The summed E-state index contributed by atoms with van der Waals surface area (Å²) in [5.41, 5.74) is -0.121. The molecule has 0 radical (unpaired) electrons. The van der Waals surface area contributed by atoms with E-state index in [4.69, 9.17) is 9.15 Å². The largest absolute Gasteiger partial charge is 0.468 e. The molecule has 1 aromatic rings. The van der Waals surface area contributed by atoms with Gasteiger partial charge < -0.3 is 14.5 Å². The molecule has 0 saturated heterocycles. The first-order valence-corrected chi connectivity index (χ1v) is 6.47. The molecule has 1 aliphatic rings. The third-order valence-electron chi connectivity index (χ3n) is 4.04. The van der Waals surface area contributed by atoms with Crippen LogP contribution in [0.2, 0.25) is 0 Å². The fourth-order valence-corrected chi connectivity index (χ4v) is 3.23. The van der Waals surface area contributed by atoms with Crippen LogP contribution < -0.4 is 5.32 Å². The Balaban J connectivity index is 2.25. The van der Waals surface area contributed by atoms with Crippen LogP contribution in [0.25, 0.3) is 0 Å². The fourth-order valence-electron chi connectivity index (χ4n) is 3.23. The Morgan fingerprint density at radius 3 is 2.94 bits per heavy atom. The van der Waals surface area contributed by atoms with Crippen LogP contribution in [-0.4, -0.2) is 19.8 Å². The van der Waals surface area contributed by atoms with E-state index in [1.54, 1.807) is 6.26 Å². The molecule has 17 heavy (non-hydrogen) atoms. The molecule has 0 bridgehead atoms. The molecule has 3 nitrogen and oxygen atoms in total. The number of methoxy groups -OCH3 is 1. The maximum atomic E-state index is 5.90. The minimum absolute atomic E-state index is 0.121. The van der Waals surface area contributed by atoms with E-state index in [0.717, 1.165) is 24.5 Å². The molecule has 3 heteroatoms. The van der Waals surface area contributed by atoms with E-state index in [-0.39, 0.29) is 11.6 Å². The van der Waals surface area contributed by atoms with E-state index in [0.29, 0.717) is 0 Å². The van der Waals surface area contributed by atoms with E-state index in [9.17, 15) is 0 Å². The highest BCUT2D eigenvalue weighted by Crippen LogP contribution is 2.43. The summed E-state index contributed by atoms with van der Waals surface area (Å²) in [5, 5.41) is 3.37. The summed E-state index contributed by atoms with van der Waals surface area (Å²) in [6.45, 7) is 2.31. The number of nitrogens with one attached hydrogen (secondary N) is 1. The standard InChI is InChI=1S/C14H23NO2/c1-11-6-4-8-14(10-11,16-3)13(15-2)12-7-5-9-17-12/h5,7,9,11,13,15H,4,6,8,10H2,1-3H3. The van der Waals surface area contributed by atoms with E-state index in [2.05, 4.69) is 12.2 Å². The molecule has 2 rings (SSSR count). The zero-order valence-corrected chi connectivity index (χ0v) is 11.0. The molecular formula is C14H23NO2. The SMILES string of the molecule is CNC(c1ccco1)C1(OC)CCCC(C)C1. The van der Waals surface area contributed by atoms with Gasteiger partial charge in [0, 0.05) is 7.11 Å². The average Bonchev–Trinajstić information content (AvgIpc) is 2.83. The van der Waals surface area contributed by atoms with Gasteiger partial charge in [0.1, 0.15) is 5.76 Å². The van der Waals surface area contributed by atoms with E-state index >= 15 is 0 Å². The molecule has 1 saturated carbocycles. The summed E-state index contributed by atoms with van der Waals surface area (Å²) < 4.78 is 11.5. The van der Waals surface area contributed by atoms with Crippen LogP contribution in [0.3, 0.4) is 0 Å². The zero-order chi connectivity index (χ0) is 12.3. The Labute approximate surface area is 104 Å². The Morgan fingerprint density at radius 1 is 1.59 bits per heavy atom. The summed E-state index contributed by atoms with van der Waals surface area (Å²) in [5.74, 6) is 1.69. The van der Waals surface area contributed by atoms with Gasteiger partial charge in [0.25, 0.3) is 0 Å². The molecule has 96 valence electrons. The van der Waals surface area contributed by atoms with Crippen molar-refractivity contribution in [2.24, 2.45) is 5.92 Å². The van der Waals surface area contributed by atoms with Gasteiger partial charge in [-0.3, -0.25) is 0 Å². The molecule has 1 heterocycles. The van der Waals surface area contributed by atoms with Crippen LogP contribution >= 0.6 is 0 Å². The van der Waals surface area contributed by atoms with Gasteiger partial charge in [-0.05, 0) is 37.9 Å². The Hall–Kier alpha value is -0.800. The maximum Gasteiger partial charge on any atom is 0.123 e. The summed E-state index contributed by atoms with van der Waals surface area (Å²) in [6.07, 6.45) is 6.46. The normalized spacial score (nSPS) is 31.4. The lowest BCUT2D eigenvalue weighted by molar-refractivity contribution is -0.0832. The maximum absolute atomic E-state index is 5.90. The van der Waals surface area contributed by atoms with Gasteiger partial charge in [0.05, 0.1) is 17.9 Å². The van der Waals surface area contributed by atoms with Gasteiger partial charge in [-0.1, -0.05) is 19.8 Å². The van der Waals surface area contributed by atoms with Gasteiger partial charge in [-0.2, -0.15) is 0 Å². The molecular weight excluding hydrogens is 214 g/mol. The van der Waals surface area contributed by atoms with Crippen molar-refractivity contribution in [2.45, 2.75) is 44.2 Å². The van der Waals surface area contributed by atoms with Crippen molar-refractivity contribution in [1.82, 2.24) is 5.32 Å². The van der Waals surface area contributed by atoms with Crippen molar-refractivity contribution in [3.8, 4) is 0 Å². The molecule has 3 atom stereocenters. The molecule has 0 spiro atoms. The lowest BCUT2D eigenvalue weighted by Crippen LogP contribution is -2.47. The Bertz CT molecular complexity index is 336. The van der Waals surface area contributed by atoms with E-state index in [1.807, 2.05) is 26.3 Å². The predicted molar refractivity (Wildman–Crippen MR) is 67.9 cm³/mol. The van der Waals surface area contributed by atoms with Crippen LogP contribution in [0, 0.1) is 5.92 Å². The predicted octanol–water partition coefficient (Wildman–Crippen LogP) is 3.14. The summed E-state index contributed by atoms with van der Waals surface area (Å²) in [7, 11) is 3.80. The fraction of sp³-hybridized carbons (Fsp3) is 0.714.